The average Bonchev–Trinajstić information content (AvgIpc) is 3.21. The SMILES string of the molecule is COc1cc(-c2nnc(SCC(=O)c3cc(C)ccc3C)o2)cc(OC)c1OC. The Kier molecular flexibility index (Phi) is 6.43. The molecule has 0 radical (unpaired) electrons. The van der Waals surface area contributed by atoms with Crippen molar-refractivity contribution >= 4 is 17.5 Å². The molecule has 0 saturated heterocycles. The van der Waals surface area contributed by atoms with Gasteiger partial charge in [0.25, 0.3) is 5.22 Å². The predicted octanol–water partition coefficient (Wildman–Crippen LogP) is 4.35. The third kappa shape index (κ3) is 4.54. The van der Waals surface area contributed by atoms with Gasteiger partial charge in [0.15, 0.2) is 17.3 Å². The van der Waals surface area contributed by atoms with Gasteiger partial charge in [-0.25, -0.2) is 0 Å². The molecular weight excluding hydrogens is 392 g/mol. The van der Waals surface area contributed by atoms with E-state index in [1.54, 1.807) is 12.1 Å². The largest absolute Gasteiger partial charge is 0.493 e. The fourth-order valence-electron chi connectivity index (χ4n) is 2.83. The van der Waals surface area contributed by atoms with E-state index in [9.17, 15) is 4.79 Å². The smallest absolute Gasteiger partial charge is 0.277 e. The van der Waals surface area contributed by atoms with Crippen molar-refractivity contribution in [3.8, 4) is 28.7 Å². The van der Waals surface area contributed by atoms with Gasteiger partial charge in [-0.1, -0.05) is 29.5 Å². The number of carbonyl (C=O) groups is 1. The van der Waals surface area contributed by atoms with Crippen LogP contribution in [0.2, 0.25) is 0 Å². The number of ether oxygens (including phenoxy) is 3. The molecule has 0 unspecified atom stereocenters. The Bertz CT molecular complexity index is 1010. The average molecular weight is 414 g/mol. The van der Waals surface area contributed by atoms with E-state index in [0.29, 0.717) is 39.5 Å². The van der Waals surface area contributed by atoms with Gasteiger partial charge >= 0.3 is 0 Å². The van der Waals surface area contributed by atoms with E-state index in [-0.39, 0.29) is 11.5 Å². The number of hydrogen-bond donors (Lipinski definition) is 0. The summed E-state index contributed by atoms with van der Waals surface area (Å²) in [5.74, 6) is 1.97. The highest BCUT2D eigenvalue weighted by Crippen LogP contribution is 2.41. The maximum atomic E-state index is 12.5. The zero-order chi connectivity index (χ0) is 21.0. The fourth-order valence-corrected chi connectivity index (χ4v) is 3.48. The molecule has 0 N–H and O–H groups in total. The molecule has 0 amide bonds. The summed E-state index contributed by atoms with van der Waals surface area (Å²) in [6.45, 7) is 3.89. The molecule has 29 heavy (non-hydrogen) atoms. The lowest BCUT2D eigenvalue weighted by atomic mass is 10.0. The van der Waals surface area contributed by atoms with Gasteiger partial charge in [0.05, 0.1) is 27.1 Å². The first-order valence-electron chi connectivity index (χ1n) is 8.84. The van der Waals surface area contributed by atoms with Crippen molar-refractivity contribution in [3.05, 3.63) is 47.0 Å². The van der Waals surface area contributed by atoms with E-state index < -0.39 is 0 Å². The van der Waals surface area contributed by atoms with Crippen LogP contribution in [0.1, 0.15) is 21.5 Å². The molecule has 7 nitrogen and oxygen atoms in total. The lowest BCUT2D eigenvalue weighted by Crippen LogP contribution is -2.05. The molecule has 0 spiro atoms. The normalized spacial score (nSPS) is 10.7. The van der Waals surface area contributed by atoms with E-state index >= 15 is 0 Å². The zero-order valence-corrected chi connectivity index (χ0v) is 17.8. The van der Waals surface area contributed by atoms with Crippen LogP contribution in [0.4, 0.5) is 0 Å². The van der Waals surface area contributed by atoms with Crippen LogP contribution in [0, 0.1) is 13.8 Å². The van der Waals surface area contributed by atoms with E-state index in [1.165, 1.54) is 33.1 Å². The number of carbonyl (C=O) groups excluding carboxylic acids is 1. The molecule has 1 aromatic heterocycles. The monoisotopic (exact) mass is 414 g/mol. The number of nitrogens with zero attached hydrogens (tertiary/aromatic N) is 2. The summed E-state index contributed by atoms with van der Waals surface area (Å²) in [4.78, 5) is 12.5. The quantitative estimate of drug-likeness (QED) is 0.397. The van der Waals surface area contributed by atoms with E-state index in [0.717, 1.165) is 11.1 Å². The van der Waals surface area contributed by atoms with Crippen molar-refractivity contribution in [3.63, 3.8) is 0 Å². The minimum absolute atomic E-state index is 0.0173. The summed E-state index contributed by atoms with van der Waals surface area (Å²) in [7, 11) is 4.61. The highest BCUT2D eigenvalue weighted by molar-refractivity contribution is 7.99. The third-order valence-electron chi connectivity index (χ3n) is 4.34. The van der Waals surface area contributed by atoms with Crippen molar-refractivity contribution < 1.29 is 23.4 Å². The number of hydrogen-bond acceptors (Lipinski definition) is 8. The molecule has 152 valence electrons. The molecule has 8 heteroatoms. The van der Waals surface area contributed by atoms with E-state index in [1.807, 2.05) is 32.0 Å². The maximum Gasteiger partial charge on any atom is 0.277 e. The zero-order valence-electron chi connectivity index (χ0n) is 16.9. The van der Waals surface area contributed by atoms with Crippen LogP contribution < -0.4 is 14.2 Å². The number of methoxy groups -OCH3 is 3. The van der Waals surface area contributed by atoms with Gasteiger partial charge in [-0.2, -0.15) is 0 Å². The van der Waals surface area contributed by atoms with Crippen LogP contribution >= 0.6 is 11.8 Å². The summed E-state index contributed by atoms with van der Waals surface area (Å²) in [6.07, 6.45) is 0. The van der Waals surface area contributed by atoms with Gasteiger partial charge in [-0.3, -0.25) is 4.79 Å². The van der Waals surface area contributed by atoms with Crippen molar-refractivity contribution in [1.82, 2.24) is 10.2 Å². The Morgan fingerprint density at radius 2 is 1.69 bits per heavy atom. The third-order valence-corrected chi connectivity index (χ3v) is 5.16. The number of aromatic nitrogens is 2. The Morgan fingerprint density at radius 1 is 1.00 bits per heavy atom. The summed E-state index contributed by atoms with van der Waals surface area (Å²) in [5, 5.41) is 8.42. The molecule has 0 fully saturated rings. The second kappa shape index (κ2) is 9.00. The highest BCUT2D eigenvalue weighted by atomic mass is 32.2. The fraction of sp³-hybridized carbons (Fsp3) is 0.286. The predicted molar refractivity (Wildman–Crippen MR) is 110 cm³/mol. The molecule has 3 aromatic rings. The van der Waals surface area contributed by atoms with Crippen LogP contribution in [0.15, 0.2) is 40.0 Å². The molecule has 0 atom stereocenters. The molecule has 2 aromatic carbocycles. The summed E-state index contributed by atoms with van der Waals surface area (Å²) >= 11 is 1.20. The second-order valence-electron chi connectivity index (χ2n) is 6.32. The lowest BCUT2D eigenvalue weighted by Gasteiger charge is -2.12. The lowest BCUT2D eigenvalue weighted by molar-refractivity contribution is 0.102. The Hall–Kier alpha value is -3.00. The van der Waals surface area contributed by atoms with Gasteiger partial charge in [-0.15, -0.1) is 10.2 Å². The molecular formula is C21H22N2O5S. The standard InChI is InChI=1S/C21H22N2O5S/c1-12-6-7-13(2)15(8-12)16(24)11-29-21-23-22-20(28-21)14-9-17(25-3)19(27-5)18(10-14)26-4/h6-10H,11H2,1-5H3. The first-order chi connectivity index (χ1) is 14.0. The molecule has 0 aliphatic rings. The van der Waals surface area contributed by atoms with Gasteiger partial charge in [0, 0.05) is 11.1 Å². The number of ketones is 1. The summed E-state index contributed by atoms with van der Waals surface area (Å²) in [6, 6.07) is 9.28. The van der Waals surface area contributed by atoms with E-state index in [2.05, 4.69) is 10.2 Å². The highest BCUT2D eigenvalue weighted by Gasteiger charge is 2.18. The summed E-state index contributed by atoms with van der Waals surface area (Å²) < 4.78 is 21.7. The van der Waals surface area contributed by atoms with Crippen LogP contribution in [-0.4, -0.2) is 43.1 Å². The topological polar surface area (TPSA) is 83.7 Å². The van der Waals surface area contributed by atoms with Gasteiger partial charge in [0.2, 0.25) is 11.6 Å². The minimum atomic E-state index is 0.0173. The van der Waals surface area contributed by atoms with E-state index in [4.69, 9.17) is 18.6 Å². The van der Waals surface area contributed by atoms with Crippen LogP contribution in [0.3, 0.4) is 0 Å². The van der Waals surface area contributed by atoms with Gasteiger partial charge in [0.1, 0.15) is 0 Å². The van der Waals surface area contributed by atoms with Crippen molar-refractivity contribution in [2.75, 3.05) is 27.1 Å². The first kappa shape index (κ1) is 20.7. The minimum Gasteiger partial charge on any atom is -0.493 e. The number of thioether (sulfide) groups is 1. The molecule has 0 aliphatic heterocycles. The first-order valence-corrected chi connectivity index (χ1v) is 9.82. The van der Waals surface area contributed by atoms with Gasteiger partial charge in [-0.05, 0) is 37.6 Å². The van der Waals surface area contributed by atoms with Crippen molar-refractivity contribution in [2.24, 2.45) is 0 Å². The molecule has 1 heterocycles. The van der Waals surface area contributed by atoms with Crippen LogP contribution in [-0.2, 0) is 0 Å². The number of rotatable bonds is 8. The van der Waals surface area contributed by atoms with Gasteiger partial charge < -0.3 is 18.6 Å². The second-order valence-corrected chi connectivity index (χ2v) is 7.24. The molecule has 3 rings (SSSR count). The summed E-state index contributed by atoms with van der Waals surface area (Å²) in [5.41, 5.74) is 3.33. The Morgan fingerprint density at radius 3 is 2.31 bits per heavy atom. The molecule has 0 bridgehead atoms. The number of Topliss-reactive ketones (excluding diaryl/α,β-unsaturated/α-hetero) is 1. The molecule has 0 saturated carbocycles. The van der Waals surface area contributed by atoms with Crippen LogP contribution in [0.25, 0.3) is 11.5 Å². The maximum absolute atomic E-state index is 12.5. The van der Waals surface area contributed by atoms with Crippen LogP contribution in [0.5, 0.6) is 17.2 Å². The number of benzene rings is 2. The number of aryl methyl sites for hydroxylation is 2. The molecule has 0 aliphatic carbocycles. The Balaban J connectivity index is 1.77. The van der Waals surface area contributed by atoms with Crippen molar-refractivity contribution in [1.29, 1.82) is 0 Å². The Labute approximate surface area is 173 Å². The van der Waals surface area contributed by atoms with Crippen molar-refractivity contribution in [2.45, 2.75) is 19.1 Å².